The Labute approximate surface area is 84.0 Å². The lowest BCUT2D eigenvalue weighted by Crippen LogP contribution is -1.84. The molecule has 0 aliphatic rings. The summed E-state index contributed by atoms with van der Waals surface area (Å²) in [5, 5.41) is 0. The summed E-state index contributed by atoms with van der Waals surface area (Å²) in [5.74, 6) is 0.847. The fourth-order valence-corrected chi connectivity index (χ4v) is 1.48. The van der Waals surface area contributed by atoms with Gasteiger partial charge in [-0.1, -0.05) is 31.9 Å². The summed E-state index contributed by atoms with van der Waals surface area (Å²) in [6.07, 6.45) is 4.15. The van der Waals surface area contributed by atoms with Gasteiger partial charge in [0.15, 0.2) is 11.5 Å². The number of rotatable bonds is 4. The number of hydrogen-bond acceptors (Lipinski definition) is 2. The molecule has 14 heavy (non-hydrogen) atoms. The Balaban J connectivity index is 2.11. The van der Waals surface area contributed by atoms with Gasteiger partial charge >= 0.3 is 0 Å². The van der Waals surface area contributed by atoms with Gasteiger partial charge in [-0.2, -0.15) is 0 Å². The lowest BCUT2D eigenvalue weighted by atomic mass is 10.2. The second-order valence-corrected chi connectivity index (χ2v) is 3.39. The van der Waals surface area contributed by atoms with Crippen molar-refractivity contribution < 1.29 is 4.42 Å². The van der Waals surface area contributed by atoms with Crippen LogP contribution in [0.3, 0.4) is 0 Å². The standard InChI is InChI=1S/C12H14NO/c1-2-3-4-9-12-13-10-7-5-6-8-11(10)14-12/h5-8H,1-4,9H2. The van der Waals surface area contributed by atoms with Gasteiger partial charge in [0, 0.05) is 6.42 Å². The zero-order chi connectivity index (χ0) is 9.80. The molecule has 1 radical (unpaired) electrons. The number of oxazole rings is 1. The van der Waals surface area contributed by atoms with Crippen LogP contribution in [0.2, 0.25) is 0 Å². The van der Waals surface area contributed by atoms with E-state index in [1.54, 1.807) is 0 Å². The van der Waals surface area contributed by atoms with Crippen LogP contribution in [0.25, 0.3) is 11.1 Å². The number of benzene rings is 1. The molecule has 2 heteroatoms. The van der Waals surface area contributed by atoms with E-state index < -0.39 is 0 Å². The Hall–Kier alpha value is -1.31. The molecule has 0 amide bonds. The number of aryl methyl sites for hydroxylation is 1. The molecular formula is C12H14NO. The SMILES string of the molecule is [CH2]CCCCc1nc2ccccc2o1. The van der Waals surface area contributed by atoms with Gasteiger partial charge < -0.3 is 4.42 Å². The topological polar surface area (TPSA) is 26.0 Å². The van der Waals surface area contributed by atoms with E-state index in [0.29, 0.717) is 0 Å². The summed E-state index contributed by atoms with van der Waals surface area (Å²) < 4.78 is 5.58. The molecule has 0 atom stereocenters. The van der Waals surface area contributed by atoms with E-state index in [9.17, 15) is 0 Å². The molecule has 0 saturated carbocycles. The largest absolute Gasteiger partial charge is 0.441 e. The Morgan fingerprint density at radius 1 is 1.21 bits per heavy atom. The first-order valence-corrected chi connectivity index (χ1v) is 5.04. The molecule has 0 aliphatic heterocycles. The normalized spacial score (nSPS) is 10.9. The minimum Gasteiger partial charge on any atom is -0.441 e. The van der Waals surface area contributed by atoms with E-state index in [0.717, 1.165) is 42.7 Å². The number of unbranched alkanes of at least 4 members (excludes halogenated alkanes) is 2. The lowest BCUT2D eigenvalue weighted by molar-refractivity contribution is 0.514. The van der Waals surface area contributed by atoms with Crippen molar-refractivity contribution >= 4 is 11.1 Å². The van der Waals surface area contributed by atoms with Crippen LogP contribution in [0.15, 0.2) is 28.7 Å². The van der Waals surface area contributed by atoms with Gasteiger partial charge in [-0.05, 0) is 18.6 Å². The van der Waals surface area contributed by atoms with Gasteiger partial charge in [0.05, 0.1) is 0 Å². The zero-order valence-electron chi connectivity index (χ0n) is 8.20. The van der Waals surface area contributed by atoms with E-state index in [2.05, 4.69) is 11.9 Å². The molecule has 2 rings (SSSR count). The maximum atomic E-state index is 5.58. The van der Waals surface area contributed by atoms with Crippen LogP contribution in [-0.2, 0) is 6.42 Å². The highest BCUT2D eigenvalue weighted by atomic mass is 16.3. The predicted octanol–water partition coefficient (Wildman–Crippen LogP) is 3.37. The number of nitrogens with zero attached hydrogens (tertiary/aromatic N) is 1. The molecule has 0 aliphatic carbocycles. The van der Waals surface area contributed by atoms with Crippen molar-refractivity contribution in [3.8, 4) is 0 Å². The van der Waals surface area contributed by atoms with Gasteiger partial charge in [-0.25, -0.2) is 4.98 Å². The third-order valence-electron chi connectivity index (χ3n) is 2.23. The molecule has 2 aromatic rings. The zero-order valence-corrected chi connectivity index (χ0v) is 8.20. The quantitative estimate of drug-likeness (QED) is 0.687. The van der Waals surface area contributed by atoms with E-state index in [-0.39, 0.29) is 0 Å². The summed E-state index contributed by atoms with van der Waals surface area (Å²) in [6.45, 7) is 3.81. The molecule has 0 saturated heterocycles. The summed E-state index contributed by atoms with van der Waals surface area (Å²) in [5.41, 5.74) is 1.84. The van der Waals surface area contributed by atoms with Crippen LogP contribution in [0, 0.1) is 6.92 Å². The average molecular weight is 188 g/mol. The van der Waals surface area contributed by atoms with E-state index >= 15 is 0 Å². The van der Waals surface area contributed by atoms with Gasteiger partial charge in [0.1, 0.15) is 5.52 Å². The highest BCUT2D eigenvalue weighted by Gasteiger charge is 2.03. The number of hydrogen-bond donors (Lipinski definition) is 0. The third-order valence-corrected chi connectivity index (χ3v) is 2.23. The van der Waals surface area contributed by atoms with E-state index in [1.807, 2.05) is 24.3 Å². The fourth-order valence-electron chi connectivity index (χ4n) is 1.48. The maximum absolute atomic E-state index is 5.58. The van der Waals surface area contributed by atoms with Crippen molar-refractivity contribution in [2.45, 2.75) is 25.7 Å². The van der Waals surface area contributed by atoms with Crippen molar-refractivity contribution in [3.05, 3.63) is 37.1 Å². The second kappa shape index (κ2) is 4.27. The summed E-state index contributed by atoms with van der Waals surface area (Å²) in [4.78, 5) is 4.40. The highest BCUT2D eigenvalue weighted by molar-refractivity contribution is 5.72. The van der Waals surface area contributed by atoms with Crippen molar-refractivity contribution in [1.29, 1.82) is 0 Å². The Morgan fingerprint density at radius 2 is 2.07 bits per heavy atom. The van der Waals surface area contributed by atoms with Crippen molar-refractivity contribution in [2.24, 2.45) is 0 Å². The Bertz CT molecular complexity index is 372. The van der Waals surface area contributed by atoms with Crippen LogP contribution in [-0.4, -0.2) is 4.98 Å². The predicted molar refractivity (Wildman–Crippen MR) is 56.9 cm³/mol. The number of aromatic nitrogens is 1. The molecule has 0 unspecified atom stereocenters. The van der Waals surface area contributed by atoms with Crippen molar-refractivity contribution in [1.82, 2.24) is 4.98 Å². The van der Waals surface area contributed by atoms with E-state index in [1.165, 1.54) is 0 Å². The van der Waals surface area contributed by atoms with Gasteiger partial charge in [0.25, 0.3) is 0 Å². The molecule has 2 nitrogen and oxygen atoms in total. The molecule has 1 aromatic carbocycles. The molecular weight excluding hydrogens is 174 g/mol. The van der Waals surface area contributed by atoms with E-state index in [4.69, 9.17) is 4.42 Å². The Morgan fingerprint density at radius 3 is 2.86 bits per heavy atom. The lowest BCUT2D eigenvalue weighted by Gasteiger charge is -1.92. The fraction of sp³-hybridized carbons (Fsp3) is 0.333. The highest BCUT2D eigenvalue weighted by Crippen LogP contribution is 2.16. The molecule has 0 spiro atoms. The minimum atomic E-state index is 0.847. The first-order chi connectivity index (χ1) is 6.90. The molecule has 1 heterocycles. The van der Waals surface area contributed by atoms with Crippen molar-refractivity contribution in [3.63, 3.8) is 0 Å². The first-order valence-electron chi connectivity index (χ1n) is 5.04. The number of para-hydroxylation sites is 2. The van der Waals surface area contributed by atoms with Crippen LogP contribution in [0.1, 0.15) is 25.2 Å². The smallest absolute Gasteiger partial charge is 0.195 e. The third kappa shape index (κ3) is 1.95. The summed E-state index contributed by atoms with van der Waals surface area (Å²) in [6, 6.07) is 7.87. The molecule has 0 bridgehead atoms. The van der Waals surface area contributed by atoms with Crippen LogP contribution >= 0.6 is 0 Å². The first kappa shape index (κ1) is 9.25. The summed E-state index contributed by atoms with van der Waals surface area (Å²) in [7, 11) is 0. The summed E-state index contributed by atoms with van der Waals surface area (Å²) >= 11 is 0. The number of fused-ring (bicyclic) bond motifs is 1. The van der Waals surface area contributed by atoms with Gasteiger partial charge in [-0.15, -0.1) is 0 Å². The van der Waals surface area contributed by atoms with Crippen LogP contribution in [0.5, 0.6) is 0 Å². The van der Waals surface area contributed by atoms with Gasteiger partial charge in [0.2, 0.25) is 0 Å². The molecule has 0 N–H and O–H groups in total. The van der Waals surface area contributed by atoms with Crippen LogP contribution < -0.4 is 0 Å². The van der Waals surface area contributed by atoms with Crippen LogP contribution in [0.4, 0.5) is 0 Å². The molecule has 1 aromatic heterocycles. The molecule has 0 fully saturated rings. The monoisotopic (exact) mass is 188 g/mol. The maximum Gasteiger partial charge on any atom is 0.195 e. The second-order valence-electron chi connectivity index (χ2n) is 3.39. The Kier molecular flexibility index (Phi) is 2.82. The van der Waals surface area contributed by atoms with Crippen molar-refractivity contribution in [2.75, 3.05) is 0 Å². The minimum absolute atomic E-state index is 0.847. The van der Waals surface area contributed by atoms with Gasteiger partial charge in [-0.3, -0.25) is 0 Å². The molecule has 73 valence electrons. The average Bonchev–Trinajstić information content (AvgIpc) is 2.60.